The molecule has 1 aliphatic heterocycles. The highest BCUT2D eigenvalue weighted by Crippen LogP contribution is 2.26. The van der Waals surface area contributed by atoms with Crippen LogP contribution in [0.1, 0.15) is 19.8 Å². The first-order valence-electron chi connectivity index (χ1n) is 6.98. The molecule has 0 radical (unpaired) electrons. The predicted molar refractivity (Wildman–Crippen MR) is 88.1 cm³/mol. The van der Waals surface area contributed by atoms with E-state index in [4.69, 9.17) is 0 Å². The van der Waals surface area contributed by atoms with Crippen LogP contribution in [0.5, 0.6) is 0 Å². The zero-order valence-corrected chi connectivity index (χ0v) is 14.3. The monoisotopic (exact) mass is 356 g/mol. The second kappa shape index (κ2) is 7.48. The van der Waals surface area contributed by atoms with Crippen molar-refractivity contribution in [3.05, 3.63) is 28.7 Å². The molecular formula is C15H21BrN2OS. The number of nitrogens with zero attached hydrogens (tertiary/aromatic N) is 1. The van der Waals surface area contributed by atoms with Gasteiger partial charge in [0.1, 0.15) is 0 Å². The summed E-state index contributed by atoms with van der Waals surface area (Å²) in [6.07, 6.45) is 2.11. The molecule has 1 aromatic carbocycles. The number of nitrogens with one attached hydrogen (secondary N) is 1. The zero-order valence-electron chi connectivity index (χ0n) is 11.9. The second-order valence-electron chi connectivity index (χ2n) is 5.10. The van der Waals surface area contributed by atoms with Gasteiger partial charge < -0.3 is 10.2 Å². The number of thioether (sulfide) groups is 1. The Hall–Kier alpha value is -0.520. The van der Waals surface area contributed by atoms with Crippen LogP contribution in [0.4, 0.5) is 0 Å². The first kappa shape index (κ1) is 15.9. The molecule has 110 valence electrons. The minimum Gasteiger partial charge on any atom is -0.342 e. The van der Waals surface area contributed by atoms with Crippen molar-refractivity contribution in [2.75, 3.05) is 20.1 Å². The van der Waals surface area contributed by atoms with Gasteiger partial charge in [-0.3, -0.25) is 4.79 Å². The van der Waals surface area contributed by atoms with Gasteiger partial charge >= 0.3 is 0 Å². The van der Waals surface area contributed by atoms with E-state index in [-0.39, 0.29) is 11.2 Å². The van der Waals surface area contributed by atoms with Crippen LogP contribution in [0.15, 0.2) is 33.6 Å². The van der Waals surface area contributed by atoms with E-state index in [1.807, 2.05) is 43.1 Å². The van der Waals surface area contributed by atoms with E-state index < -0.39 is 0 Å². The summed E-state index contributed by atoms with van der Waals surface area (Å²) >= 11 is 5.06. The first-order chi connectivity index (χ1) is 9.60. The highest BCUT2D eigenvalue weighted by atomic mass is 79.9. The Bertz CT molecular complexity index is 444. The molecule has 1 amide bonds. The van der Waals surface area contributed by atoms with Gasteiger partial charge in [-0.15, -0.1) is 11.8 Å². The molecule has 0 aliphatic carbocycles. The molecule has 1 N–H and O–H groups in total. The Morgan fingerprint density at radius 1 is 1.35 bits per heavy atom. The summed E-state index contributed by atoms with van der Waals surface area (Å²) in [5, 5.41) is 3.26. The number of carbonyl (C=O) groups is 1. The van der Waals surface area contributed by atoms with Gasteiger partial charge in [0.2, 0.25) is 5.91 Å². The summed E-state index contributed by atoms with van der Waals surface area (Å²) in [7, 11) is 1.99. The fourth-order valence-corrected chi connectivity index (χ4v) is 3.63. The molecule has 0 saturated carbocycles. The maximum atomic E-state index is 12.4. The molecule has 1 unspecified atom stereocenters. The van der Waals surface area contributed by atoms with E-state index in [1.54, 1.807) is 11.8 Å². The molecule has 0 aromatic heterocycles. The van der Waals surface area contributed by atoms with Crippen molar-refractivity contribution < 1.29 is 4.79 Å². The van der Waals surface area contributed by atoms with Crippen LogP contribution in [0, 0.1) is 0 Å². The van der Waals surface area contributed by atoms with Crippen LogP contribution in [0.25, 0.3) is 0 Å². The van der Waals surface area contributed by atoms with E-state index in [1.165, 1.54) is 0 Å². The van der Waals surface area contributed by atoms with Gasteiger partial charge in [0.05, 0.1) is 5.25 Å². The van der Waals surface area contributed by atoms with Crippen LogP contribution >= 0.6 is 27.7 Å². The molecule has 3 nitrogen and oxygen atoms in total. The molecule has 2 rings (SSSR count). The highest BCUT2D eigenvalue weighted by molar-refractivity contribution is 9.10. The van der Waals surface area contributed by atoms with Crippen molar-refractivity contribution in [1.82, 2.24) is 10.2 Å². The standard InChI is InChI=1S/C15H21BrN2OS/c1-11(20-14-5-3-12(16)4-6-14)15(19)18-9-7-13(17-2)8-10-18/h3-6,11,13,17H,7-10H2,1-2H3. The van der Waals surface area contributed by atoms with Gasteiger partial charge in [-0.1, -0.05) is 15.9 Å². The predicted octanol–water partition coefficient (Wildman–Crippen LogP) is 3.14. The van der Waals surface area contributed by atoms with Crippen molar-refractivity contribution >= 4 is 33.6 Å². The topological polar surface area (TPSA) is 32.3 Å². The lowest BCUT2D eigenvalue weighted by Gasteiger charge is -2.33. The lowest BCUT2D eigenvalue weighted by molar-refractivity contribution is -0.131. The van der Waals surface area contributed by atoms with Crippen LogP contribution < -0.4 is 5.32 Å². The third-order valence-electron chi connectivity index (χ3n) is 3.69. The summed E-state index contributed by atoms with van der Waals surface area (Å²) < 4.78 is 1.06. The van der Waals surface area contributed by atoms with Gasteiger partial charge in [0.25, 0.3) is 0 Å². The summed E-state index contributed by atoms with van der Waals surface area (Å²) in [6, 6.07) is 8.68. The van der Waals surface area contributed by atoms with Gasteiger partial charge in [0, 0.05) is 28.5 Å². The number of carbonyl (C=O) groups excluding carboxylic acids is 1. The summed E-state index contributed by atoms with van der Waals surface area (Å²) in [5.74, 6) is 0.257. The molecule has 1 aromatic rings. The van der Waals surface area contributed by atoms with Crippen LogP contribution in [-0.2, 0) is 4.79 Å². The maximum Gasteiger partial charge on any atom is 0.235 e. The molecule has 0 spiro atoms. The molecule has 1 fully saturated rings. The largest absolute Gasteiger partial charge is 0.342 e. The Labute approximate surface area is 133 Å². The number of hydrogen-bond acceptors (Lipinski definition) is 3. The maximum absolute atomic E-state index is 12.4. The number of rotatable bonds is 4. The summed E-state index contributed by atoms with van der Waals surface area (Å²) in [4.78, 5) is 15.6. The van der Waals surface area contributed by atoms with E-state index in [0.717, 1.165) is 35.3 Å². The van der Waals surface area contributed by atoms with Crippen molar-refractivity contribution in [2.24, 2.45) is 0 Å². The van der Waals surface area contributed by atoms with Crippen LogP contribution in [0.2, 0.25) is 0 Å². The quantitative estimate of drug-likeness (QED) is 0.841. The van der Waals surface area contributed by atoms with E-state index >= 15 is 0 Å². The Balaban J connectivity index is 1.87. The minimum atomic E-state index is -0.0256. The fraction of sp³-hybridized carbons (Fsp3) is 0.533. The third-order valence-corrected chi connectivity index (χ3v) is 5.32. The molecule has 20 heavy (non-hydrogen) atoms. The zero-order chi connectivity index (χ0) is 14.5. The normalized spacial score (nSPS) is 18.1. The molecule has 1 atom stereocenters. The Morgan fingerprint density at radius 3 is 2.50 bits per heavy atom. The fourth-order valence-electron chi connectivity index (χ4n) is 2.41. The SMILES string of the molecule is CNC1CCN(C(=O)C(C)Sc2ccc(Br)cc2)CC1. The Morgan fingerprint density at radius 2 is 1.95 bits per heavy atom. The lowest BCUT2D eigenvalue weighted by Crippen LogP contribution is -2.46. The smallest absolute Gasteiger partial charge is 0.235 e. The van der Waals surface area contributed by atoms with Crippen LogP contribution in [-0.4, -0.2) is 42.2 Å². The minimum absolute atomic E-state index is 0.0256. The number of hydrogen-bond donors (Lipinski definition) is 1. The average molecular weight is 357 g/mol. The Kier molecular flexibility index (Phi) is 5.93. The van der Waals surface area contributed by atoms with Crippen molar-refractivity contribution in [3.63, 3.8) is 0 Å². The molecule has 0 bridgehead atoms. The van der Waals surface area contributed by atoms with Crippen molar-refractivity contribution in [1.29, 1.82) is 0 Å². The van der Waals surface area contributed by atoms with Gasteiger partial charge in [-0.25, -0.2) is 0 Å². The van der Waals surface area contributed by atoms with Crippen molar-refractivity contribution in [2.45, 2.75) is 36.0 Å². The van der Waals surface area contributed by atoms with Gasteiger partial charge in [0.15, 0.2) is 0 Å². The number of likely N-dealkylation sites (tertiary alicyclic amines) is 1. The first-order valence-corrected chi connectivity index (χ1v) is 8.65. The number of piperidine rings is 1. The summed E-state index contributed by atoms with van der Waals surface area (Å²) in [6.45, 7) is 3.74. The number of amides is 1. The van der Waals surface area contributed by atoms with Crippen molar-refractivity contribution in [3.8, 4) is 0 Å². The molecule has 5 heteroatoms. The molecule has 1 heterocycles. The summed E-state index contributed by atoms with van der Waals surface area (Å²) in [5.41, 5.74) is 0. The highest BCUT2D eigenvalue weighted by Gasteiger charge is 2.25. The molecule has 1 saturated heterocycles. The van der Waals surface area contributed by atoms with E-state index in [9.17, 15) is 4.79 Å². The number of benzene rings is 1. The van der Waals surface area contributed by atoms with E-state index in [2.05, 4.69) is 21.2 Å². The van der Waals surface area contributed by atoms with Crippen LogP contribution in [0.3, 0.4) is 0 Å². The lowest BCUT2D eigenvalue weighted by atomic mass is 10.1. The molecule has 1 aliphatic rings. The van der Waals surface area contributed by atoms with Gasteiger partial charge in [-0.2, -0.15) is 0 Å². The number of halogens is 1. The van der Waals surface area contributed by atoms with Gasteiger partial charge in [-0.05, 0) is 51.1 Å². The third kappa shape index (κ3) is 4.24. The molecular weight excluding hydrogens is 336 g/mol. The average Bonchev–Trinajstić information content (AvgIpc) is 2.49. The van der Waals surface area contributed by atoms with E-state index in [0.29, 0.717) is 6.04 Å². The second-order valence-corrected chi connectivity index (χ2v) is 7.43.